The zero-order valence-corrected chi connectivity index (χ0v) is 14.0. The molecule has 0 aromatic carbocycles. The van der Waals surface area contributed by atoms with Crippen LogP contribution in [-0.2, 0) is 18.0 Å². The highest BCUT2D eigenvalue weighted by atomic mass is 19.4. The van der Waals surface area contributed by atoms with Gasteiger partial charge in [-0.25, -0.2) is 4.79 Å². The number of nitrogens with one attached hydrogen (secondary N) is 2. The van der Waals surface area contributed by atoms with Gasteiger partial charge in [0.15, 0.2) is 5.69 Å². The predicted octanol–water partition coefficient (Wildman–Crippen LogP) is 3.01. The lowest BCUT2D eigenvalue weighted by molar-refractivity contribution is -0.140. The van der Waals surface area contributed by atoms with Gasteiger partial charge in [0.1, 0.15) is 0 Å². The summed E-state index contributed by atoms with van der Waals surface area (Å²) in [7, 11) is 1.37. The molecular weight excluding hydrogens is 325 g/mol. The molecule has 0 bridgehead atoms. The van der Waals surface area contributed by atoms with Crippen LogP contribution in [0.3, 0.4) is 0 Å². The molecule has 0 spiro atoms. The molecule has 0 saturated carbocycles. The molecule has 2 amide bonds. The van der Waals surface area contributed by atoms with Crippen molar-refractivity contribution < 1.29 is 22.7 Å². The van der Waals surface area contributed by atoms with Crippen LogP contribution in [0.15, 0.2) is 6.20 Å². The van der Waals surface area contributed by atoms with E-state index in [9.17, 15) is 18.0 Å². The minimum Gasteiger partial charge on any atom is -0.381 e. The molecular formula is C15H23F3N4O2. The number of alkyl halides is 3. The minimum absolute atomic E-state index is 0.164. The van der Waals surface area contributed by atoms with Gasteiger partial charge in [-0.3, -0.25) is 4.68 Å². The number of anilines is 1. The van der Waals surface area contributed by atoms with Crippen molar-refractivity contribution in [3.05, 3.63) is 11.9 Å². The van der Waals surface area contributed by atoms with E-state index in [2.05, 4.69) is 15.7 Å². The van der Waals surface area contributed by atoms with E-state index in [1.165, 1.54) is 7.05 Å². The Kier molecular flexibility index (Phi) is 5.42. The van der Waals surface area contributed by atoms with Crippen molar-refractivity contribution in [2.75, 3.05) is 25.1 Å². The molecule has 1 aliphatic heterocycles. The maximum absolute atomic E-state index is 12.9. The van der Waals surface area contributed by atoms with Gasteiger partial charge in [0.25, 0.3) is 0 Å². The van der Waals surface area contributed by atoms with Gasteiger partial charge in [-0.15, -0.1) is 0 Å². The maximum Gasteiger partial charge on any atom is 0.437 e. The van der Waals surface area contributed by atoms with Crippen molar-refractivity contribution in [1.29, 1.82) is 0 Å². The fourth-order valence-corrected chi connectivity index (χ4v) is 2.89. The van der Waals surface area contributed by atoms with E-state index >= 15 is 0 Å². The highest BCUT2D eigenvalue weighted by Gasteiger charge is 2.38. The third-order valence-corrected chi connectivity index (χ3v) is 4.38. The summed E-state index contributed by atoms with van der Waals surface area (Å²) in [4.78, 5) is 12.0. The summed E-state index contributed by atoms with van der Waals surface area (Å²) in [5.41, 5.74) is -1.63. The van der Waals surface area contributed by atoms with Gasteiger partial charge < -0.3 is 15.4 Å². The van der Waals surface area contributed by atoms with Crippen molar-refractivity contribution in [3.63, 3.8) is 0 Å². The number of ether oxygens (including phenoxy) is 1. The number of carbonyl (C=O) groups excluding carboxylic acids is 1. The number of rotatable bonds is 4. The number of aromatic nitrogens is 2. The van der Waals surface area contributed by atoms with E-state index in [1.54, 1.807) is 0 Å². The molecule has 24 heavy (non-hydrogen) atoms. The van der Waals surface area contributed by atoms with E-state index in [4.69, 9.17) is 4.74 Å². The van der Waals surface area contributed by atoms with Gasteiger partial charge in [-0.1, -0.05) is 13.8 Å². The number of aryl methyl sites for hydroxylation is 1. The van der Waals surface area contributed by atoms with E-state index < -0.39 is 17.9 Å². The fourth-order valence-electron chi connectivity index (χ4n) is 2.89. The highest BCUT2D eigenvalue weighted by Crippen LogP contribution is 2.34. The monoisotopic (exact) mass is 348 g/mol. The van der Waals surface area contributed by atoms with Crippen molar-refractivity contribution in [2.45, 2.75) is 32.9 Å². The number of hydrogen-bond acceptors (Lipinski definition) is 3. The molecule has 1 fully saturated rings. The fraction of sp³-hybridized carbons (Fsp3) is 0.733. The predicted molar refractivity (Wildman–Crippen MR) is 82.6 cm³/mol. The molecule has 2 N–H and O–H groups in total. The quantitative estimate of drug-likeness (QED) is 0.879. The number of carbonyl (C=O) groups is 1. The molecule has 1 aromatic rings. The first-order valence-electron chi connectivity index (χ1n) is 7.83. The van der Waals surface area contributed by atoms with Gasteiger partial charge in [0.2, 0.25) is 0 Å². The van der Waals surface area contributed by atoms with Crippen LogP contribution in [0.25, 0.3) is 0 Å². The first kappa shape index (κ1) is 18.6. The van der Waals surface area contributed by atoms with E-state index in [1.807, 2.05) is 13.8 Å². The third kappa shape index (κ3) is 4.62. The van der Waals surface area contributed by atoms with Crippen LogP contribution in [0.4, 0.5) is 23.7 Å². The Labute approximate surface area is 138 Å². The molecule has 2 heterocycles. The lowest BCUT2D eigenvalue weighted by atomic mass is 9.74. The summed E-state index contributed by atoms with van der Waals surface area (Å²) in [6.07, 6.45) is -1.66. The molecule has 1 saturated heterocycles. The lowest BCUT2D eigenvalue weighted by Gasteiger charge is -2.37. The first-order valence-corrected chi connectivity index (χ1v) is 7.83. The van der Waals surface area contributed by atoms with Crippen molar-refractivity contribution in [2.24, 2.45) is 18.4 Å². The second-order valence-electron chi connectivity index (χ2n) is 6.75. The smallest absolute Gasteiger partial charge is 0.381 e. The molecule has 136 valence electrons. The number of urea groups is 1. The van der Waals surface area contributed by atoms with Crippen LogP contribution in [0, 0.1) is 11.3 Å². The average molecular weight is 348 g/mol. The van der Waals surface area contributed by atoms with Crippen LogP contribution in [0.1, 0.15) is 32.4 Å². The van der Waals surface area contributed by atoms with E-state index in [-0.39, 0.29) is 11.1 Å². The lowest BCUT2D eigenvalue weighted by Crippen LogP contribution is -2.42. The molecule has 0 atom stereocenters. The van der Waals surface area contributed by atoms with Gasteiger partial charge >= 0.3 is 12.2 Å². The van der Waals surface area contributed by atoms with E-state index in [0.29, 0.717) is 25.7 Å². The summed E-state index contributed by atoms with van der Waals surface area (Å²) in [6.45, 7) is 5.84. The first-order chi connectivity index (χ1) is 11.1. The van der Waals surface area contributed by atoms with Gasteiger partial charge in [-0.2, -0.15) is 18.3 Å². The Hall–Kier alpha value is -1.77. The van der Waals surface area contributed by atoms with Crippen LogP contribution in [0.5, 0.6) is 0 Å². The van der Waals surface area contributed by atoms with Crippen molar-refractivity contribution in [1.82, 2.24) is 15.1 Å². The van der Waals surface area contributed by atoms with Crippen molar-refractivity contribution >= 4 is 11.7 Å². The zero-order valence-electron chi connectivity index (χ0n) is 14.0. The molecule has 6 nitrogen and oxygen atoms in total. The number of halogens is 3. The van der Waals surface area contributed by atoms with Crippen LogP contribution < -0.4 is 10.6 Å². The molecule has 1 aliphatic rings. The Balaban J connectivity index is 1.94. The Bertz CT molecular complexity index is 578. The van der Waals surface area contributed by atoms with E-state index in [0.717, 1.165) is 23.7 Å². The summed E-state index contributed by atoms with van der Waals surface area (Å²) >= 11 is 0. The second kappa shape index (κ2) is 7.00. The summed E-state index contributed by atoms with van der Waals surface area (Å²) < 4.78 is 45.0. The number of amides is 2. The second-order valence-corrected chi connectivity index (χ2v) is 6.75. The Morgan fingerprint density at radius 3 is 2.58 bits per heavy atom. The van der Waals surface area contributed by atoms with Crippen molar-refractivity contribution in [3.8, 4) is 0 Å². The molecule has 1 aromatic heterocycles. The Morgan fingerprint density at radius 1 is 1.38 bits per heavy atom. The zero-order chi connectivity index (χ0) is 18.0. The molecule has 0 unspecified atom stereocenters. The standard InChI is InChI=1S/C15H23F3N4O2/c1-14(2,10-4-6-24-7-5-10)9-19-13(23)20-11-8-22(3)21-12(11)15(16,17)18/h8,10H,4-7,9H2,1-3H3,(H2,19,20,23). The molecule has 0 aliphatic carbocycles. The summed E-state index contributed by atoms with van der Waals surface area (Å²) in [5.74, 6) is 0.399. The summed E-state index contributed by atoms with van der Waals surface area (Å²) in [5, 5.41) is 8.25. The van der Waals surface area contributed by atoms with Gasteiger partial charge in [0, 0.05) is 33.0 Å². The number of nitrogens with zero attached hydrogens (tertiary/aromatic N) is 2. The molecule has 0 radical (unpaired) electrons. The van der Waals surface area contributed by atoms with Gasteiger partial charge in [-0.05, 0) is 24.2 Å². The van der Waals surface area contributed by atoms with Crippen LogP contribution in [-0.4, -0.2) is 35.6 Å². The largest absolute Gasteiger partial charge is 0.437 e. The SMILES string of the molecule is Cn1cc(NC(=O)NCC(C)(C)C2CCOCC2)c(C(F)(F)F)n1. The normalized spacial score (nSPS) is 16.9. The summed E-state index contributed by atoms with van der Waals surface area (Å²) in [6, 6.07) is -0.673. The maximum atomic E-state index is 12.9. The van der Waals surface area contributed by atoms with Crippen LogP contribution >= 0.6 is 0 Å². The Morgan fingerprint density at radius 2 is 2.00 bits per heavy atom. The van der Waals surface area contributed by atoms with Gasteiger partial charge in [0.05, 0.1) is 5.69 Å². The topological polar surface area (TPSA) is 68.2 Å². The highest BCUT2D eigenvalue weighted by molar-refractivity contribution is 5.89. The van der Waals surface area contributed by atoms with Crippen LogP contribution in [0.2, 0.25) is 0 Å². The minimum atomic E-state index is -4.62. The number of hydrogen-bond donors (Lipinski definition) is 2. The molecule has 9 heteroatoms. The third-order valence-electron chi connectivity index (χ3n) is 4.38. The average Bonchev–Trinajstić information content (AvgIpc) is 2.87. The molecule has 2 rings (SSSR count).